The molecule has 29 heavy (non-hydrogen) atoms. The van der Waals surface area contributed by atoms with Crippen LogP contribution in [0.5, 0.6) is 0 Å². The highest BCUT2D eigenvalue weighted by atomic mass is 19.4. The van der Waals surface area contributed by atoms with E-state index in [1.54, 1.807) is 0 Å². The Morgan fingerprint density at radius 2 is 1.93 bits per heavy atom. The molecule has 0 aliphatic heterocycles. The van der Waals surface area contributed by atoms with Gasteiger partial charge in [-0.1, -0.05) is 24.3 Å². The second-order valence-corrected chi connectivity index (χ2v) is 6.51. The molecule has 2 aromatic carbocycles. The number of anilines is 1. The van der Waals surface area contributed by atoms with Crippen molar-refractivity contribution in [2.45, 2.75) is 25.6 Å². The van der Waals surface area contributed by atoms with Gasteiger partial charge in [-0.2, -0.15) is 18.3 Å². The van der Waals surface area contributed by atoms with E-state index < -0.39 is 17.8 Å². The molecular formula is C21H19F3N4O. The highest BCUT2D eigenvalue weighted by Crippen LogP contribution is 2.30. The van der Waals surface area contributed by atoms with Crippen LogP contribution in [0.25, 0.3) is 5.69 Å². The topological polar surface area (TPSA) is 70.8 Å². The zero-order valence-corrected chi connectivity index (χ0v) is 15.6. The van der Waals surface area contributed by atoms with Crippen LogP contribution in [0.1, 0.15) is 29.3 Å². The van der Waals surface area contributed by atoms with E-state index in [-0.39, 0.29) is 23.2 Å². The average molecular weight is 400 g/mol. The number of nitrogens with zero attached hydrogens (tertiary/aromatic N) is 2. The second kappa shape index (κ2) is 8.30. The quantitative estimate of drug-likeness (QED) is 0.587. The van der Waals surface area contributed by atoms with Crippen LogP contribution >= 0.6 is 0 Å². The Kier molecular flexibility index (Phi) is 5.81. The highest BCUT2D eigenvalue weighted by Gasteiger charge is 2.30. The zero-order chi connectivity index (χ0) is 21.0. The molecule has 1 aromatic heterocycles. The first-order valence-corrected chi connectivity index (χ1v) is 8.88. The molecule has 0 spiro atoms. The van der Waals surface area contributed by atoms with Gasteiger partial charge in [0.15, 0.2) is 0 Å². The van der Waals surface area contributed by atoms with Crippen LogP contribution in [0.3, 0.4) is 0 Å². The SMILES string of the molecule is Cc1ccccc1NC(CC=N)c1nn(-c2cccc(C(F)(F)F)c2)ccc1=O. The predicted molar refractivity (Wildman–Crippen MR) is 106 cm³/mol. The molecule has 5 nitrogen and oxygen atoms in total. The van der Waals surface area contributed by atoms with Gasteiger partial charge in [0.2, 0.25) is 5.43 Å². The smallest absolute Gasteiger partial charge is 0.376 e. The van der Waals surface area contributed by atoms with E-state index in [0.717, 1.165) is 23.4 Å². The van der Waals surface area contributed by atoms with Gasteiger partial charge in [-0.15, -0.1) is 0 Å². The van der Waals surface area contributed by atoms with Gasteiger partial charge in [-0.3, -0.25) is 4.79 Å². The van der Waals surface area contributed by atoms with Gasteiger partial charge in [0.05, 0.1) is 17.3 Å². The Bertz CT molecular complexity index is 1080. The van der Waals surface area contributed by atoms with Crippen LogP contribution < -0.4 is 10.7 Å². The Morgan fingerprint density at radius 1 is 1.17 bits per heavy atom. The van der Waals surface area contributed by atoms with E-state index in [2.05, 4.69) is 10.4 Å². The lowest BCUT2D eigenvalue weighted by molar-refractivity contribution is -0.137. The van der Waals surface area contributed by atoms with Gasteiger partial charge in [0.25, 0.3) is 0 Å². The zero-order valence-electron chi connectivity index (χ0n) is 15.6. The first-order valence-electron chi connectivity index (χ1n) is 8.88. The number of hydrogen-bond acceptors (Lipinski definition) is 4. The Hall–Kier alpha value is -3.42. The molecule has 8 heteroatoms. The third kappa shape index (κ3) is 4.71. The lowest BCUT2D eigenvalue weighted by atomic mass is 10.1. The minimum absolute atomic E-state index is 0.122. The van der Waals surface area contributed by atoms with Gasteiger partial charge in [-0.25, -0.2) is 4.68 Å². The number of nitrogens with one attached hydrogen (secondary N) is 2. The molecule has 3 rings (SSSR count). The Labute approximate surface area is 165 Å². The summed E-state index contributed by atoms with van der Waals surface area (Å²) in [5, 5.41) is 15.0. The van der Waals surface area contributed by atoms with E-state index in [1.807, 2.05) is 31.2 Å². The summed E-state index contributed by atoms with van der Waals surface area (Å²) in [7, 11) is 0. The van der Waals surface area contributed by atoms with Crippen molar-refractivity contribution in [2.75, 3.05) is 5.32 Å². The monoisotopic (exact) mass is 400 g/mol. The van der Waals surface area contributed by atoms with Gasteiger partial charge >= 0.3 is 6.18 Å². The lowest BCUT2D eigenvalue weighted by Crippen LogP contribution is -2.24. The normalized spacial score (nSPS) is 12.4. The molecule has 0 bridgehead atoms. The van der Waals surface area contributed by atoms with Gasteiger partial charge < -0.3 is 10.7 Å². The lowest BCUT2D eigenvalue weighted by Gasteiger charge is -2.19. The molecule has 0 aliphatic rings. The standard InChI is InChI=1S/C21H19F3N4O/c1-14-5-2-3-8-17(14)26-18(9-11-25)20-19(29)10-12-28(27-20)16-7-4-6-15(13-16)21(22,23)24/h2-8,10-13,18,25-26H,9H2,1H3. The van der Waals surface area contributed by atoms with Crippen LogP contribution in [-0.4, -0.2) is 16.0 Å². The maximum absolute atomic E-state index is 13.0. The molecule has 3 aromatic rings. The number of rotatable bonds is 6. The number of benzene rings is 2. The number of halogens is 3. The van der Waals surface area contributed by atoms with Crippen molar-refractivity contribution >= 4 is 11.9 Å². The fourth-order valence-electron chi connectivity index (χ4n) is 2.91. The molecule has 150 valence electrons. The molecular weight excluding hydrogens is 381 g/mol. The van der Waals surface area contributed by atoms with Crippen molar-refractivity contribution in [1.29, 1.82) is 5.41 Å². The molecule has 0 fully saturated rings. The summed E-state index contributed by atoms with van der Waals surface area (Å²) in [5.74, 6) is 0. The fraction of sp³-hybridized carbons (Fsp3) is 0.190. The minimum Gasteiger partial charge on any atom is -0.376 e. The molecule has 0 amide bonds. The van der Waals surface area contributed by atoms with Crippen LogP contribution in [0.4, 0.5) is 18.9 Å². The third-order valence-corrected chi connectivity index (χ3v) is 4.43. The van der Waals surface area contributed by atoms with Crippen molar-refractivity contribution < 1.29 is 13.2 Å². The summed E-state index contributed by atoms with van der Waals surface area (Å²) in [6.45, 7) is 1.91. The maximum Gasteiger partial charge on any atom is 0.416 e. The fourth-order valence-corrected chi connectivity index (χ4v) is 2.91. The van der Waals surface area contributed by atoms with Gasteiger partial charge in [0.1, 0.15) is 5.69 Å². The second-order valence-electron chi connectivity index (χ2n) is 6.51. The van der Waals surface area contributed by atoms with Crippen molar-refractivity contribution in [3.63, 3.8) is 0 Å². The van der Waals surface area contributed by atoms with E-state index in [9.17, 15) is 18.0 Å². The number of aryl methyl sites for hydroxylation is 1. The van der Waals surface area contributed by atoms with E-state index in [1.165, 1.54) is 35.3 Å². The van der Waals surface area contributed by atoms with Crippen molar-refractivity contribution in [3.8, 4) is 5.69 Å². The number of para-hydroxylation sites is 1. The first kappa shape index (κ1) is 20.3. The van der Waals surface area contributed by atoms with E-state index >= 15 is 0 Å². The van der Waals surface area contributed by atoms with Crippen molar-refractivity contribution in [2.24, 2.45) is 0 Å². The van der Waals surface area contributed by atoms with Gasteiger partial charge in [-0.05, 0) is 43.0 Å². The van der Waals surface area contributed by atoms with Crippen LogP contribution in [-0.2, 0) is 6.18 Å². The molecule has 2 N–H and O–H groups in total. The summed E-state index contributed by atoms with van der Waals surface area (Å²) in [6, 6.07) is 12.9. The van der Waals surface area contributed by atoms with Gasteiger partial charge in [0, 0.05) is 24.4 Å². The number of alkyl halides is 3. The van der Waals surface area contributed by atoms with E-state index in [4.69, 9.17) is 5.41 Å². The predicted octanol–water partition coefficient (Wildman–Crippen LogP) is 4.75. The Balaban J connectivity index is 2.02. The minimum atomic E-state index is -4.48. The Morgan fingerprint density at radius 3 is 2.62 bits per heavy atom. The summed E-state index contributed by atoms with van der Waals surface area (Å²) in [5.41, 5.74) is 0.890. The maximum atomic E-state index is 13.0. The average Bonchev–Trinajstić information content (AvgIpc) is 2.69. The van der Waals surface area contributed by atoms with Crippen LogP contribution in [0.15, 0.2) is 65.6 Å². The highest BCUT2D eigenvalue weighted by molar-refractivity contribution is 5.58. The summed E-state index contributed by atoms with van der Waals surface area (Å²) in [4.78, 5) is 12.4. The summed E-state index contributed by atoms with van der Waals surface area (Å²) >= 11 is 0. The molecule has 0 saturated carbocycles. The molecule has 0 aliphatic carbocycles. The van der Waals surface area contributed by atoms with Crippen LogP contribution in [0, 0.1) is 12.3 Å². The van der Waals surface area contributed by atoms with Crippen molar-refractivity contribution in [3.05, 3.63) is 87.8 Å². The van der Waals surface area contributed by atoms with E-state index in [0.29, 0.717) is 0 Å². The molecule has 1 heterocycles. The van der Waals surface area contributed by atoms with Crippen molar-refractivity contribution in [1.82, 2.24) is 9.78 Å². The largest absolute Gasteiger partial charge is 0.416 e. The summed E-state index contributed by atoms with van der Waals surface area (Å²) in [6.07, 6.45) is -1.79. The molecule has 0 radical (unpaired) electrons. The summed E-state index contributed by atoms with van der Waals surface area (Å²) < 4.78 is 40.3. The third-order valence-electron chi connectivity index (χ3n) is 4.43. The number of aromatic nitrogens is 2. The van der Waals surface area contributed by atoms with Crippen LogP contribution in [0.2, 0.25) is 0 Å². The number of hydrogen-bond donors (Lipinski definition) is 2. The first-order chi connectivity index (χ1) is 13.8. The molecule has 1 atom stereocenters. The molecule has 1 unspecified atom stereocenters. The molecule has 0 saturated heterocycles.